The molecule has 11 heteroatoms. The summed E-state index contributed by atoms with van der Waals surface area (Å²) in [6, 6.07) is -0.444. The Bertz CT molecular complexity index is 982. The Morgan fingerprint density at radius 3 is 2.86 bits per heavy atom. The Hall–Kier alpha value is -2.95. The SMILES string of the molecule is C=C(/C=C\C(=N/CC1=NNC2=NC=CCC12)N1CCC(N)C(CC(C)C)(C(=O)OC)C1)C(F)(F)F. The van der Waals surface area contributed by atoms with Gasteiger partial charge in [0.05, 0.1) is 25.3 Å². The van der Waals surface area contributed by atoms with Crippen LogP contribution in [0.5, 0.6) is 0 Å². The van der Waals surface area contributed by atoms with Gasteiger partial charge in [0.1, 0.15) is 17.1 Å². The fourth-order valence-corrected chi connectivity index (χ4v) is 4.73. The number of rotatable bonds is 7. The number of halogens is 3. The van der Waals surface area contributed by atoms with E-state index >= 15 is 0 Å². The predicted molar refractivity (Wildman–Crippen MR) is 130 cm³/mol. The van der Waals surface area contributed by atoms with Gasteiger partial charge in [0.2, 0.25) is 0 Å². The van der Waals surface area contributed by atoms with Crippen molar-refractivity contribution in [1.29, 1.82) is 0 Å². The number of amidine groups is 2. The molecule has 0 saturated carbocycles. The van der Waals surface area contributed by atoms with Gasteiger partial charge in [-0.2, -0.15) is 18.3 Å². The lowest BCUT2D eigenvalue weighted by molar-refractivity contribution is -0.158. The van der Waals surface area contributed by atoms with Crippen molar-refractivity contribution >= 4 is 23.4 Å². The normalized spacial score (nSPS) is 27.0. The number of hydrazone groups is 1. The Morgan fingerprint density at radius 2 is 2.20 bits per heavy atom. The van der Waals surface area contributed by atoms with Gasteiger partial charge in [-0.25, -0.2) is 4.99 Å². The predicted octanol–water partition coefficient (Wildman–Crippen LogP) is 3.19. The molecule has 3 atom stereocenters. The summed E-state index contributed by atoms with van der Waals surface area (Å²) in [4.78, 5) is 23.6. The van der Waals surface area contributed by atoms with E-state index in [1.807, 2.05) is 24.8 Å². The molecular formula is C24H33F3N6O2. The number of piperidine rings is 1. The molecule has 192 valence electrons. The fourth-order valence-electron chi connectivity index (χ4n) is 4.73. The van der Waals surface area contributed by atoms with E-state index < -0.39 is 29.2 Å². The van der Waals surface area contributed by atoms with Crippen molar-refractivity contribution in [3.8, 4) is 0 Å². The highest BCUT2D eigenvalue weighted by Crippen LogP contribution is 2.37. The quantitative estimate of drug-likeness (QED) is 0.245. The second-order valence-electron chi connectivity index (χ2n) is 9.50. The van der Waals surface area contributed by atoms with Gasteiger partial charge >= 0.3 is 12.1 Å². The van der Waals surface area contributed by atoms with E-state index in [1.165, 1.54) is 13.2 Å². The summed E-state index contributed by atoms with van der Waals surface area (Å²) in [5.41, 5.74) is 8.07. The smallest absolute Gasteiger partial charge is 0.415 e. The lowest BCUT2D eigenvalue weighted by atomic mass is 9.70. The first-order valence-corrected chi connectivity index (χ1v) is 11.6. The lowest BCUT2D eigenvalue weighted by Gasteiger charge is -2.46. The molecule has 0 amide bonds. The van der Waals surface area contributed by atoms with E-state index in [4.69, 9.17) is 10.5 Å². The molecule has 1 fully saturated rings. The number of hydrogen-bond acceptors (Lipinski definition) is 7. The van der Waals surface area contributed by atoms with Crippen LogP contribution in [0.25, 0.3) is 0 Å². The van der Waals surface area contributed by atoms with E-state index in [1.54, 1.807) is 6.20 Å². The number of hydrogen-bond donors (Lipinski definition) is 2. The van der Waals surface area contributed by atoms with E-state index in [0.717, 1.165) is 17.6 Å². The van der Waals surface area contributed by atoms with Gasteiger partial charge in [0.25, 0.3) is 0 Å². The number of likely N-dealkylation sites (tertiary alicyclic amines) is 1. The summed E-state index contributed by atoms with van der Waals surface area (Å²) in [6.45, 7) is 7.88. The fraction of sp³-hybridized carbons (Fsp3) is 0.583. The molecular weight excluding hydrogens is 461 g/mol. The third kappa shape index (κ3) is 6.01. The molecule has 0 spiro atoms. The van der Waals surface area contributed by atoms with Gasteiger partial charge in [0, 0.05) is 30.9 Å². The molecule has 3 aliphatic heterocycles. The molecule has 35 heavy (non-hydrogen) atoms. The van der Waals surface area contributed by atoms with Crippen molar-refractivity contribution in [2.75, 3.05) is 26.7 Å². The zero-order valence-electron chi connectivity index (χ0n) is 20.3. The summed E-state index contributed by atoms with van der Waals surface area (Å²) in [5, 5.41) is 4.31. The topological polar surface area (TPSA) is 105 Å². The average molecular weight is 495 g/mol. The van der Waals surface area contributed by atoms with E-state index in [0.29, 0.717) is 31.6 Å². The van der Waals surface area contributed by atoms with Gasteiger partial charge in [-0.05, 0) is 37.3 Å². The number of allylic oxidation sites excluding steroid dienone is 3. The molecule has 0 aromatic carbocycles. The molecule has 8 nitrogen and oxygen atoms in total. The molecule has 0 aliphatic carbocycles. The first-order chi connectivity index (χ1) is 16.5. The van der Waals surface area contributed by atoms with Crippen LogP contribution in [0.3, 0.4) is 0 Å². The number of esters is 1. The van der Waals surface area contributed by atoms with Crippen LogP contribution in [-0.4, -0.2) is 67.2 Å². The van der Waals surface area contributed by atoms with Crippen LogP contribution >= 0.6 is 0 Å². The van der Waals surface area contributed by atoms with Crippen LogP contribution in [0.4, 0.5) is 13.2 Å². The summed E-state index contributed by atoms with van der Waals surface area (Å²) in [7, 11) is 1.32. The highest BCUT2D eigenvalue weighted by molar-refractivity contribution is 6.12. The number of ether oxygens (including phenoxy) is 1. The van der Waals surface area contributed by atoms with Gasteiger partial charge in [-0.1, -0.05) is 26.5 Å². The van der Waals surface area contributed by atoms with Crippen molar-refractivity contribution in [3.05, 3.63) is 36.6 Å². The summed E-state index contributed by atoms with van der Waals surface area (Å²) in [5.74, 6) is 0.719. The number of methoxy groups -OCH3 is 1. The Labute approximate surface area is 203 Å². The van der Waals surface area contributed by atoms with Crippen LogP contribution in [-0.2, 0) is 9.53 Å². The molecule has 3 heterocycles. The zero-order chi connectivity index (χ0) is 25.8. The van der Waals surface area contributed by atoms with Crippen LogP contribution in [0.1, 0.15) is 33.1 Å². The summed E-state index contributed by atoms with van der Waals surface area (Å²) < 4.78 is 44.4. The van der Waals surface area contributed by atoms with Crippen LogP contribution in [0.2, 0.25) is 0 Å². The van der Waals surface area contributed by atoms with Gasteiger partial charge in [0.15, 0.2) is 0 Å². The lowest BCUT2D eigenvalue weighted by Crippen LogP contribution is -2.61. The number of fused-ring (bicyclic) bond motifs is 1. The highest BCUT2D eigenvalue weighted by Gasteiger charge is 2.49. The average Bonchev–Trinajstić information content (AvgIpc) is 3.22. The van der Waals surface area contributed by atoms with Gasteiger partial charge in [-0.3, -0.25) is 15.2 Å². The van der Waals surface area contributed by atoms with Crippen LogP contribution in [0, 0.1) is 17.3 Å². The van der Waals surface area contributed by atoms with E-state index in [9.17, 15) is 18.0 Å². The van der Waals surface area contributed by atoms with Crippen molar-refractivity contribution in [2.24, 2.45) is 38.1 Å². The molecule has 1 saturated heterocycles. The third-order valence-corrected chi connectivity index (χ3v) is 6.52. The zero-order valence-corrected chi connectivity index (χ0v) is 20.3. The minimum absolute atomic E-state index is 0.0380. The third-order valence-electron chi connectivity index (χ3n) is 6.52. The number of carbonyl (C=O) groups is 1. The van der Waals surface area contributed by atoms with Crippen LogP contribution in [0.15, 0.2) is 51.7 Å². The minimum Gasteiger partial charge on any atom is -0.468 e. The molecule has 3 N–H and O–H groups in total. The Morgan fingerprint density at radius 1 is 1.46 bits per heavy atom. The highest BCUT2D eigenvalue weighted by atomic mass is 19.4. The number of nitrogens with one attached hydrogen (secondary N) is 1. The molecule has 0 bridgehead atoms. The van der Waals surface area contributed by atoms with Crippen LogP contribution < -0.4 is 11.2 Å². The molecule has 0 radical (unpaired) electrons. The maximum Gasteiger partial charge on any atom is 0.415 e. The number of nitrogens with two attached hydrogens (primary N) is 1. The number of alkyl halides is 3. The van der Waals surface area contributed by atoms with Crippen molar-refractivity contribution < 1.29 is 22.7 Å². The largest absolute Gasteiger partial charge is 0.468 e. The first-order valence-electron chi connectivity index (χ1n) is 11.6. The second-order valence-corrected chi connectivity index (χ2v) is 9.50. The molecule has 3 aliphatic rings. The standard InChI is InChI=1S/C24H33F3N6O2/c1-15(2)12-23(22(34)35-4)14-33(11-9-19(23)28)20(8-7-16(3)24(25,26)27)30-13-18-17-6-5-10-29-21(17)32-31-18/h5,7-8,10,15,17,19H,3,6,9,11-14,28H2,1-2,4H3,(H,29,32)/b8-7-,30-20+. The Kier molecular flexibility index (Phi) is 8.19. The van der Waals surface area contributed by atoms with Crippen molar-refractivity contribution in [2.45, 2.75) is 45.3 Å². The van der Waals surface area contributed by atoms with Gasteiger partial charge < -0.3 is 15.4 Å². The summed E-state index contributed by atoms with van der Waals surface area (Å²) in [6.07, 6.45) is 2.93. The number of aliphatic imine (C=N–C) groups is 2. The van der Waals surface area contributed by atoms with E-state index in [2.05, 4.69) is 27.1 Å². The van der Waals surface area contributed by atoms with Crippen molar-refractivity contribution in [3.63, 3.8) is 0 Å². The van der Waals surface area contributed by atoms with Gasteiger partial charge in [-0.15, -0.1) is 0 Å². The maximum absolute atomic E-state index is 13.1. The maximum atomic E-state index is 13.1. The molecule has 0 aromatic rings. The second kappa shape index (κ2) is 10.8. The molecule has 3 rings (SSSR count). The molecule has 3 unspecified atom stereocenters. The monoisotopic (exact) mass is 494 g/mol. The number of carbonyl (C=O) groups excluding carboxylic acids is 1. The summed E-state index contributed by atoms with van der Waals surface area (Å²) >= 11 is 0. The van der Waals surface area contributed by atoms with Crippen molar-refractivity contribution in [1.82, 2.24) is 10.3 Å². The van der Waals surface area contributed by atoms with E-state index in [-0.39, 0.29) is 24.9 Å². The molecule has 0 aromatic heterocycles. The minimum atomic E-state index is -4.56. The number of nitrogens with zero attached hydrogens (tertiary/aromatic N) is 4. The Balaban J connectivity index is 1.91. The first kappa shape index (κ1) is 26.7.